The van der Waals surface area contributed by atoms with E-state index in [9.17, 15) is 19.5 Å². The SMILES string of the molecule is CC1(C)S[C@@H]2[C@H](NC(=O)COc3ccccc3)C(=O)N2[C@@]1(Cc1ccccc1)C(=O)O. The zero-order valence-electron chi connectivity index (χ0n) is 17.3. The Kier molecular flexibility index (Phi) is 5.43. The van der Waals surface area contributed by atoms with Crippen LogP contribution in [0.4, 0.5) is 0 Å². The molecule has 162 valence electrons. The summed E-state index contributed by atoms with van der Waals surface area (Å²) in [5, 5.41) is 12.5. The Labute approximate surface area is 184 Å². The van der Waals surface area contributed by atoms with E-state index in [0.717, 1.165) is 5.56 Å². The van der Waals surface area contributed by atoms with E-state index in [-0.39, 0.29) is 18.9 Å². The number of fused-ring (bicyclic) bond motifs is 1. The predicted octanol–water partition coefficient (Wildman–Crippen LogP) is 2.31. The van der Waals surface area contributed by atoms with Gasteiger partial charge < -0.3 is 20.1 Å². The molecule has 0 aliphatic carbocycles. The largest absolute Gasteiger partial charge is 0.484 e. The molecule has 2 aromatic rings. The summed E-state index contributed by atoms with van der Waals surface area (Å²) in [5.41, 5.74) is -0.557. The molecule has 8 heteroatoms. The monoisotopic (exact) mass is 440 g/mol. The number of carboxylic acids is 1. The molecule has 2 amide bonds. The van der Waals surface area contributed by atoms with E-state index in [1.165, 1.54) is 16.7 Å². The van der Waals surface area contributed by atoms with Crippen LogP contribution in [0.5, 0.6) is 5.75 Å². The van der Waals surface area contributed by atoms with Gasteiger partial charge in [-0.2, -0.15) is 0 Å². The Bertz CT molecular complexity index is 998. The molecule has 7 nitrogen and oxygen atoms in total. The Hall–Kier alpha value is -3.00. The van der Waals surface area contributed by atoms with Crippen LogP contribution in [0.2, 0.25) is 0 Å². The van der Waals surface area contributed by atoms with Crippen LogP contribution >= 0.6 is 11.8 Å². The summed E-state index contributed by atoms with van der Waals surface area (Å²) in [4.78, 5) is 39.4. The summed E-state index contributed by atoms with van der Waals surface area (Å²) in [5.74, 6) is -1.28. The number of rotatable bonds is 7. The van der Waals surface area contributed by atoms with Crippen LogP contribution in [0, 0.1) is 0 Å². The highest BCUT2D eigenvalue weighted by Gasteiger charge is 2.72. The van der Waals surface area contributed by atoms with Crippen LogP contribution in [0.15, 0.2) is 60.7 Å². The molecule has 4 rings (SSSR count). The molecule has 0 spiro atoms. The molecule has 2 aliphatic rings. The number of carbonyl (C=O) groups is 3. The first kappa shape index (κ1) is 21.2. The lowest BCUT2D eigenvalue weighted by molar-refractivity contribution is -0.171. The van der Waals surface area contributed by atoms with Crippen LogP contribution < -0.4 is 10.1 Å². The molecule has 0 saturated carbocycles. The standard InChI is InChI=1S/C23H24N2O5S/c1-22(2)23(21(28)29,13-15-9-5-3-6-10-15)25-19(27)18(20(25)31-22)24-17(26)14-30-16-11-7-4-8-12-16/h3-12,18,20H,13-14H2,1-2H3,(H,24,26)(H,28,29)/t18-,20-,23+/m1/s1. The number of hydrogen-bond acceptors (Lipinski definition) is 5. The summed E-state index contributed by atoms with van der Waals surface area (Å²) in [6.45, 7) is 3.47. The second-order valence-corrected chi connectivity index (χ2v) is 9.94. The van der Waals surface area contributed by atoms with Crippen molar-refractivity contribution in [1.29, 1.82) is 0 Å². The van der Waals surface area contributed by atoms with Crippen LogP contribution in [0.25, 0.3) is 0 Å². The van der Waals surface area contributed by atoms with E-state index in [4.69, 9.17) is 4.74 Å². The van der Waals surface area contributed by atoms with Gasteiger partial charge in [-0.3, -0.25) is 9.59 Å². The second-order valence-electron chi connectivity index (χ2n) is 8.20. The molecular weight excluding hydrogens is 416 g/mol. The predicted molar refractivity (Wildman–Crippen MR) is 117 cm³/mol. The van der Waals surface area contributed by atoms with Gasteiger partial charge in [0.2, 0.25) is 5.91 Å². The van der Waals surface area contributed by atoms with Crippen LogP contribution in [-0.2, 0) is 20.8 Å². The minimum absolute atomic E-state index is 0.198. The van der Waals surface area contributed by atoms with Crippen molar-refractivity contribution < 1.29 is 24.2 Å². The van der Waals surface area contributed by atoms with Gasteiger partial charge in [0.25, 0.3) is 5.91 Å². The first-order chi connectivity index (χ1) is 14.8. The maximum Gasteiger partial charge on any atom is 0.331 e. The quantitative estimate of drug-likeness (QED) is 0.642. The number of carboxylic acid groups (broad SMARTS) is 1. The number of aliphatic carboxylic acids is 1. The topological polar surface area (TPSA) is 95.9 Å². The third-order valence-electron chi connectivity index (χ3n) is 5.95. The van der Waals surface area contributed by atoms with E-state index in [1.54, 1.807) is 24.3 Å². The van der Waals surface area contributed by atoms with Gasteiger partial charge in [-0.1, -0.05) is 48.5 Å². The van der Waals surface area contributed by atoms with Gasteiger partial charge in [-0.15, -0.1) is 11.8 Å². The molecular formula is C23H24N2O5S. The zero-order valence-corrected chi connectivity index (χ0v) is 18.1. The Morgan fingerprint density at radius 1 is 1.10 bits per heavy atom. The van der Waals surface area contributed by atoms with Crippen molar-refractivity contribution in [3.63, 3.8) is 0 Å². The maximum atomic E-state index is 13.0. The molecule has 0 bridgehead atoms. The number of nitrogens with one attached hydrogen (secondary N) is 1. The average molecular weight is 441 g/mol. The average Bonchev–Trinajstić information content (AvgIpc) is 2.97. The van der Waals surface area contributed by atoms with Gasteiger partial charge >= 0.3 is 5.97 Å². The number of nitrogens with zero attached hydrogens (tertiary/aromatic N) is 1. The van der Waals surface area contributed by atoms with Crippen molar-refractivity contribution in [3.05, 3.63) is 66.2 Å². The van der Waals surface area contributed by atoms with Crippen molar-refractivity contribution in [2.45, 2.75) is 42.0 Å². The fourth-order valence-electron chi connectivity index (χ4n) is 4.32. The maximum absolute atomic E-state index is 13.0. The van der Waals surface area contributed by atoms with Gasteiger partial charge in [-0.25, -0.2) is 4.79 Å². The number of thioether (sulfide) groups is 1. The molecule has 3 atom stereocenters. The number of β-lactam (4-membered cyclic amide) rings is 1. The molecule has 2 aromatic carbocycles. The van der Waals surface area contributed by atoms with E-state index in [1.807, 2.05) is 50.2 Å². The van der Waals surface area contributed by atoms with Gasteiger partial charge in [0.05, 0.1) is 0 Å². The first-order valence-electron chi connectivity index (χ1n) is 10.0. The Morgan fingerprint density at radius 2 is 1.71 bits per heavy atom. The van der Waals surface area contributed by atoms with Gasteiger partial charge in [0.1, 0.15) is 17.2 Å². The molecule has 2 fully saturated rings. The van der Waals surface area contributed by atoms with E-state index < -0.39 is 33.6 Å². The first-order valence-corrected chi connectivity index (χ1v) is 10.9. The minimum atomic E-state index is -1.40. The summed E-state index contributed by atoms with van der Waals surface area (Å²) >= 11 is 1.41. The summed E-state index contributed by atoms with van der Waals surface area (Å²) in [6.07, 6.45) is 0.198. The van der Waals surface area contributed by atoms with E-state index in [0.29, 0.717) is 5.75 Å². The van der Waals surface area contributed by atoms with E-state index in [2.05, 4.69) is 5.32 Å². The third kappa shape index (κ3) is 3.54. The highest BCUT2D eigenvalue weighted by atomic mass is 32.2. The second kappa shape index (κ2) is 7.92. The lowest BCUT2D eigenvalue weighted by atomic mass is 9.76. The molecule has 2 heterocycles. The lowest BCUT2D eigenvalue weighted by Crippen LogP contribution is -2.76. The molecule has 0 unspecified atom stereocenters. The van der Waals surface area contributed by atoms with Crippen molar-refractivity contribution in [3.8, 4) is 5.75 Å². The zero-order chi connectivity index (χ0) is 22.2. The molecule has 2 saturated heterocycles. The highest BCUT2D eigenvalue weighted by molar-refractivity contribution is 8.01. The normalized spacial score (nSPS) is 26.0. The summed E-state index contributed by atoms with van der Waals surface area (Å²) in [6, 6.07) is 17.5. The number of para-hydroxylation sites is 1. The number of carbonyl (C=O) groups excluding carboxylic acids is 2. The molecule has 2 aliphatic heterocycles. The number of ether oxygens (including phenoxy) is 1. The van der Waals surface area contributed by atoms with Crippen LogP contribution in [-0.4, -0.2) is 56.1 Å². The van der Waals surface area contributed by atoms with Crippen LogP contribution in [0.3, 0.4) is 0 Å². The van der Waals surface area contributed by atoms with Gasteiger partial charge in [-0.05, 0) is 31.5 Å². The number of hydrogen-bond donors (Lipinski definition) is 2. The Balaban J connectivity index is 1.50. The van der Waals surface area contributed by atoms with Crippen molar-refractivity contribution in [1.82, 2.24) is 10.2 Å². The molecule has 31 heavy (non-hydrogen) atoms. The molecule has 0 radical (unpaired) electrons. The lowest BCUT2D eigenvalue weighted by Gasteiger charge is -2.50. The number of benzene rings is 2. The highest BCUT2D eigenvalue weighted by Crippen LogP contribution is 2.57. The van der Waals surface area contributed by atoms with Crippen LogP contribution in [0.1, 0.15) is 19.4 Å². The summed E-state index contributed by atoms with van der Waals surface area (Å²) < 4.78 is 4.69. The smallest absolute Gasteiger partial charge is 0.331 e. The summed E-state index contributed by atoms with van der Waals surface area (Å²) in [7, 11) is 0. The number of amides is 2. The van der Waals surface area contributed by atoms with Gasteiger partial charge in [0.15, 0.2) is 12.1 Å². The fourth-order valence-corrected chi connectivity index (χ4v) is 6.09. The molecule has 0 aromatic heterocycles. The van der Waals surface area contributed by atoms with Crippen molar-refractivity contribution >= 4 is 29.5 Å². The minimum Gasteiger partial charge on any atom is -0.484 e. The van der Waals surface area contributed by atoms with Crippen molar-refractivity contribution in [2.24, 2.45) is 0 Å². The third-order valence-corrected chi connectivity index (χ3v) is 7.60. The molecule has 2 N–H and O–H groups in total. The van der Waals surface area contributed by atoms with Crippen molar-refractivity contribution in [2.75, 3.05) is 6.61 Å². The van der Waals surface area contributed by atoms with E-state index >= 15 is 0 Å². The Morgan fingerprint density at radius 3 is 2.32 bits per heavy atom. The van der Waals surface area contributed by atoms with Gasteiger partial charge in [0, 0.05) is 11.2 Å². The fraction of sp³-hybridized carbons (Fsp3) is 0.348.